The van der Waals surface area contributed by atoms with Gasteiger partial charge in [-0.25, -0.2) is 0 Å². The number of pyridine rings is 1. The van der Waals surface area contributed by atoms with Gasteiger partial charge in [0.15, 0.2) is 0 Å². The number of carbonyl (C=O) groups excluding carboxylic acids is 1. The lowest BCUT2D eigenvalue weighted by molar-refractivity contribution is -0.127. The zero-order valence-electron chi connectivity index (χ0n) is 12.4. The predicted molar refractivity (Wildman–Crippen MR) is 85.2 cm³/mol. The Morgan fingerprint density at radius 2 is 2.14 bits per heavy atom. The monoisotopic (exact) mass is 283 g/mol. The van der Waals surface area contributed by atoms with Crippen molar-refractivity contribution >= 4 is 22.4 Å². The lowest BCUT2D eigenvalue weighted by atomic mass is 9.76. The normalized spacial score (nSPS) is 17.6. The Bertz CT molecular complexity index is 642. The van der Waals surface area contributed by atoms with E-state index in [0.717, 1.165) is 48.8 Å². The summed E-state index contributed by atoms with van der Waals surface area (Å²) in [4.78, 5) is 17.0. The topological polar surface area (TPSA) is 54.0 Å². The van der Waals surface area contributed by atoms with E-state index in [0.29, 0.717) is 0 Å². The molecule has 0 unspecified atom stereocenters. The van der Waals surface area contributed by atoms with Gasteiger partial charge in [-0.3, -0.25) is 9.78 Å². The summed E-state index contributed by atoms with van der Waals surface area (Å²) in [5, 5.41) is 8.56. The van der Waals surface area contributed by atoms with Crippen LogP contribution in [-0.2, 0) is 4.79 Å². The minimum atomic E-state index is -0.240. The molecule has 4 nitrogen and oxygen atoms in total. The number of aromatic nitrogens is 1. The largest absolute Gasteiger partial charge is 0.325 e. The molecule has 0 spiro atoms. The van der Waals surface area contributed by atoms with Crippen LogP contribution in [0.3, 0.4) is 0 Å². The van der Waals surface area contributed by atoms with Crippen LogP contribution >= 0.6 is 0 Å². The van der Waals surface area contributed by atoms with Crippen LogP contribution < -0.4 is 10.6 Å². The molecule has 2 aromatic rings. The molecular formula is C17H21N3O. The first-order valence-electron chi connectivity index (χ1n) is 7.60. The van der Waals surface area contributed by atoms with Crippen molar-refractivity contribution in [2.75, 3.05) is 18.4 Å². The summed E-state index contributed by atoms with van der Waals surface area (Å²) in [7, 11) is 0. The molecule has 110 valence electrons. The van der Waals surface area contributed by atoms with Gasteiger partial charge < -0.3 is 10.6 Å². The average Bonchev–Trinajstić information content (AvgIpc) is 2.56. The minimum absolute atomic E-state index is 0.142. The number of nitrogens with zero attached hydrogens (tertiary/aromatic N) is 1. The van der Waals surface area contributed by atoms with Gasteiger partial charge in [0.25, 0.3) is 0 Å². The number of amides is 1. The second-order valence-corrected chi connectivity index (χ2v) is 5.74. The number of nitrogens with one attached hydrogen (secondary N) is 2. The summed E-state index contributed by atoms with van der Waals surface area (Å²) < 4.78 is 0. The quantitative estimate of drug-likeness (QED) is 0.910. The van der Waals surface area contributed by atoms with Crippen molar-refractivity contribution in [3.63, 3.8) is 0 Å². The first kappa shape index (κ1) is 14.0. The van der Waals surface area contributed by atoms with Gasteiger partial charge in [-0.15, -0.1) is 0 Å². The molecule has 0 aliphatic carbocycles. The molecule has 1 aliphatic heterocycles. The van der Waals surface area contributed by atoms with Crippen LogP contribution in [0, 0.1) is 5.41 Å². The van der Waals surface area contributed by atoms with Gasteiger partial charge in [-0.05, 0) is 49.9 Å². The molecule has 2 heterocycles. The Balaban J connectivity index is 1.89. The van der Waals surface area contributed by atoms with E-state index in [1.54, 1.807) is 6.20 Å². The minimum Gasteiger partial charge on any atom is -0.325 e. The fraction of sp³-hybridized carbons (Fsp3) is 0.412. The first-order valence-corrected chi connectivity index (χ1v) is 7.60. The van der Waals surface area contributed by atoms with Crippen LogP contribution in [0.4, 0.5) is 5.69 Å². The molecule has 1 aromatic heterocycles. The lowest BCUT2D eigenvalue weighted by Gasteiger charge is -2.35. The molecular weight excluding hydrogens is 262 g/mol. The molecule has 0 bridgehead atoms. The third-order valence-electron chi connectivity index (χ3n) is 4.65. The number of piperidine rings is 1. The van der Waals surface area contributed by atoms with Crippen LogP contribution in [0.25, 0.3) is 10.8 Å². The molecule has 3 rings (SSSR count). The zero-order valence-corrected chi connectivity index (χ0v) is 12.4. The maximum Gasteiger partial charge on any atom is 0.230 e. The summed E-state index contributed by atoms with van der Waals surface area (Å²) in [5.41, 5.74) is 0.618. The van der Waals surface area contributed by atoms with Crippen molar-refractivity contribution in [3.8, 4) is 0 Å². The van der Waals surface area contributed by atoms with Crippen molar-refractivity contribution in [1.29, 1.82) is 0 Å². The van der Waals surface area contributed by atoms with E-state index >= 15 is 0 Å². The Morgan fingerprint density at radius 1 is 1.33 bits per heavy atom. The Labute approximate surface area is 125 Å². The second kappa shape index (κ2) is 5.82. The van der Waals surface area contributed by atoms with E-state index in [1.807, 2.05) is 30.5 Å². The van der Waals surface area contributed by atoms with E-state index in [4.69, 9.17) is 0 Å². The third kappa shape index (κ3) is 2.63. The van der Waals surface area contributed by atoms with Gasteiger partial charge in [-0.2, -0.15) is 0 Å². The Morgan fingerprint density at radius 3 is 2.90 bits per heavy atom. The van der Waals surface area contributed by atoms with E-state index < -0.39 is 0 Å². The molecule has 0 saturated carbocycles. The van der Waals surface area contributed by atoms with Crippen molar-refractivity contribution in [2.24, 2.45) is 5.41 Å². The smallest absolute Gasteiger partial charge is 0.230 e. The van der Waals surface area contributed by atoms with Gasteiger partial charge >= 0.3 is 0 Å². The molecule has 4 heteroatoms. The maximum absolute atomic E-state index is 12.8. The predicted octanol–water partition coefficient (Wildman–Crippen LogP) is 2.95. The summed E-state index contributed by atoms with van der Waals surface area (Å²) in [6.45, 7) is 3.94. The highest BCUT2D eigenvalue weighted by Gasteiger charge is 2.37. The van der Waals surface area contributed by atoms with E-state index in [-0.39, 0.29) is 11.3 Å². The second-order valence-electron chi connectivity index (χ2n) is 5.74. The zero-order chi connectivity index (χ0) is 14.7. The van der Waals surface area contributed by atoms with Gasteiger partial charge in [0.1, 0.15) is 0 Å². The highest BCUT2D eigenvalue weighted by molar-refractivity contribution is 6.03. The number of carbonyl (C=O) groups is 1. The standard InChI is InChI=1S/C17H21N3O/c1-2-17(7-10-18-11-8-17)16(21)20-15-5-3-4-13-6-9-19-12-14(13)15/h3-6,9,12,18H,2,7-8,10-11H2,1H3,(H,20,21). The molecule has 1 aliphatic rings. The number of fused-ring (bicyclic) bond motifs is 1. The van der Waals surface area contributed by atoms with Crippen LogP contribution in [0.15, 0.2) is 36.7 Å². The summed E-state index contributed by atoms with van der Waals surface area (Å²) >= 11 is 0. The molecule has 1 saturated heterocycles. The van der Waals surface area contributed by atoms with Gasteiger partial charge in [-0.1, -0.05) is 19.1 Å². The van der Waals surface area contributed by atoms with Crippen LogP contribution in [0.5, 0.6) is 0 Å². The molecule has 1 aromatic carbocycles. The van der Waals surface area contributed by atoms with E-state index in [1.165, 1.54) is 0 Å². The number of benzene rings is 1. The molecule has 1 amide bonds. The average molecular weight is 283 g/mol. The molecule has 0 atom stereocenters. The molecule has 21 heavy (non-hydrogen) atoms. The highest BCUT2D eigenvalue weighted by Crippen LogP contribution is 2.34. The van der Waals surface area contributed by atoms with E-state index in [2.05, 4.69) is 22.5 Å². The van der Waals surface area contributed by atoms with E-state index in [9.17, 15) is 4.79 Å². The maximum atomic E-state index is 12.8. The molecule has 1 fully saturated rings. The fourth-order valence-electron chi connectivity index (χ4n) is 3.12. The summed E-state index contributed by atoms with van der Waals surface area (Å²) in [6.07, 6.45) is 6.26. The lowest BCUT2D eigenvalue weighted by Crippen LogP contribution is -2.44. The number of hydrogen-bond donors (Lipinski definition) is 2. The Hall–Kier alpha value is -1.94. The van der Waals surface area contributed by atoms with Crippen molar-refractivity contribution in [3.05, 3.63) is 36.7 Å². The van der Waals surface area contributed by atoms with Gasteiger partial charge in [0.05, 0.1) is 11.1 Å². The van der Waals surface area contributed by atoms with Crippen LogP contribution in [-0.4, -0.2) is 24.0 Å². The van der Waals surface area contributed by atoms with Crippen molar-refractivity contribution in [1.82, 2.24) is 10.3 Å². The number of hydrogen-bond acceptors (Lipinski definition) is 3. The van der Waals surface area contributed by atoms with Crippen LogP contribution in [0.2, 0.25) is 0 Å². The SMILES string of the molecule is CCC1(C(=O)Nc2cccc3ccncc23)CCNCC1. The van der Waals surface area contributed by atoms with Gasteiger partial charge in [0.2, 0.25) is 5.91 Å². The van der Waals surface area contributed by atoms with Crippen molar-refractivity contribution in [2.45, 2.75) is 26.2 Å². The van der Waals surface area contributed by atoms with Crippen LogP contribution in [0.1, 0.15) is 26.2 Å². The van der Waals surface area contributed by atoms with Crippen molar-refractivity contribution < 1.29 is 4.79 Å². The summed E-state index contributed by atoms with van der Waals surface area (Å²) in [6, 6.07) is 7.92. The molecule has 2 N–H and O–H groups in total. The Kier molecular flexibility index (Phi) is 3.88. The fourth-order valence-corrected chi connectivity index (χ4v) is 3.12. The first-order chi connectivity index (χ1) is 10.2. The van der Waals surface area contributed by atoms with Gasteiger partial charge in [0, 0.05) is 17.8 Å². The third-order valence-corrected chi connectivity index (χ3v) is 4.65. The molecule has 0 radical (unpaired) electrons. The number of rotatable bonds is 3. The highest BCUT2D eigenvalue weighted by atomic mass is 16.2. The number of anilines is 1. The summed E-state index contributed by atoms with van der Waals surface area (Å²) in [5.74, 6) is 0.142.